The molecule has 0 saturated carbocycles. The SMILES string of the molecule is COc1cc(C)nc(NS(=O)(=O)c2ccc(CN)o2)n1. The van der Waals surface area contributed by atoms with Crippen LogP contribution in [0.3, 0.4) is 0 Å². The molecule has 2 heterocycles. The van der Waals surface area contributed by atoms with E-state index in [1.807, 2.05) is 0 Å². The van der Waals surface area contributed by atoms with Crippen molar-refractivity contribution in [3.05, 3.63) is 29.7 Å². The van der Waals surface area contributed by atoms with E-state index in [-0.39, 0.29) is 23.5 Å². The van der Waals surface area contributed by atoms with Gasteiger partial charge in [0.25, 0.3) is 10.0 Å². The van der Waals surface area contributed by atoms with E-state index in [9.17, 15) is 8.42 Å². The number of nitrogens with zero attached hydrogens (tertiary/aromatic N) is 2. The average molecular weight is 298 g/mol. The summed E-state index contributed by atoms with van der Waals surface area (Å²) in [5, 5.41) is -0.248. The summed E-state index contributed by atoms with van der Waals surface area (Å²) in [4.78, 5) is 7.87. The van der Waals surface area contributed by atoms with Crippen LogP contribution in [0.25, 0.3) is 0 Å². The monoisotopic (exact) mass is 298 g/mol. The number of hydrogen-bond donors (Lipinski definition) is 2. The first-order valence-electron chi connectivity index (χ1n) is 5.66. The molecule has 0 aliphatic heterocycles. The van der Waals surface area contributed by atoms with Gasteiger partial charge >= 0.3 is 0 Å². The van der Waals surface area contributed by atoms with Crippen LogP contribution >= 0.6 is 0 Å². The second kappa shape index (κ2) is 5.47. The van der Waals surface area contributed by atoms with E-state index in [1.165, 1.54) is 19.2 Å². The molecule has 0 unspecified atom stereocenters. The van der Waals surface area contributed by atoms with Crippen molar-refractivity contribution < 1.29 is 17.6 Å². The molecule has 0 atom stereocenters. The van der Waals surface area contributed by atoms with Crippen molar-refractivity contribution in [2.75, 3.05) is 11.8 Å². The van der Waals surface area contributed by atoms with E-state index < -0.39 is 10.0 Å². The zero-order valence-electron chi connectivity index (χ0n) is 11.0. The summed E-state index contributed by atoms with van der Waals surface area (Å²) in [7, 11) is -2.47. The summed E-state index contributed by atoms with van der Waals surface area (Å²) < 4.78 is 36.4. The molecule has 0 radical (unpaired) electrons. The number of nitrogens with one attached hydrogen (secondary N) is 1. The topological polar surface area (TPSA) is 120 Å². The molecular weight excluding hydrogens is 284 g/mol. The highest BCUT2D eigenvalue weighted by molar-refractivity contribution is 7.92. The van der Waals surface area contributed by atoms with E-state index in [0.29, 0.717) is 11.5 Å². The van der Waals surface area contributed by atoms with Crippen molar-refractivity contribution >= 4 is 16.0 Å². The molecule has 0 bridgehead atoms. The lowest BCUT2D eigenvalue weighted by atomic mass is 10.4. The predicted octanol–water partition coefficient (Wildman–Crippen LogP) is 0.646. The van der Waals surface area contributed by atoms with Crippen LogP contribution in [-0.2, 0) is 16.6 Å². The van der Waals surface area contributed by atoms with Gasteiger partial charge in [0, 0.05) is 11.8 Å². The highest BCUT2D eigenvalue weighted by Crippen LogP contribution is 2.18. The minimum atomic E-state index is -3.90. The zero-order chi connectivity index (χ0) is 14.8. The molecule has 2 aromatic heterocycles. The summed E-state index contributed by atoms with van der Waals surface area (Å²) in [6.07, 6.45) is 0. The first-order chi connectivity index (χ1) is 9.44. The molecule has 2 rings (SSSR count). The Morgan fingerprint density at radius 2 is 2.15 bits per heavy atom. The highest BCUT2D eigenvalue weighted by atomic mass is 32.2. The minimum absolute atomic E-state index is 0.0902. The second-order valence-corrected chi connectivity index (χ2v) is 5.52. The van der Waals surface area contributed by atoms with Gasteiger partial charge in [0.05, 0.1) is 13.7 Å². The summed E-state index contributed by atoms with van der Waals surface area (Å²) in [5.74, 6) is 0.540. The third-order valence-corrected chi connectivity index (χ3v) is 3.57. The maximum Gasteiger partial charge on any atom is 0.297 e. The molecule has 3 N–H and O–H groups in total. The molecular formula is C11H14N4O4S. The maximum absolute atomic E-state index is 12.1. The van der Waals surface area contributed by atoms with E-state index in [0.717, 1.165) is 0 Å². The number of aromatic nitrogens is 2. The van der Waals surface area contributed by atoms with Crippen LogP contribution in [0.15, 0.2) is 27.7 Å². The Bertz CT molecular complexity index is 711. The number of methoxy groups -OCH3 is 1. The summed E-state index contributed by atoms with van der Waals surface area (Å²) in [5.41, 5.74) is 5.93. The zero-order valence-corrected chi connectivity index (χ0v) is 11.8. The van der Waals surface area contributed by atoms with Crippen LogP contribution in [0.1, 0.15) is 11.5 Å². The Morgan fingerprint density at radius 3 is 2.75 bits per heavy atom. The Balaban J connectivity index is 2.30. The standard InChI is InChI=1S/C11H14N4O4S/c1-7-5-9(18-2)14-11(13-7)15-20(16,17)10-4-3-8(6-12)19-10/h3-5H,6,12H2,1-2H3,(H,13,14,15). The van der Waals surface area contributed by atoms with Gasteiger partial charge in [-0.25, -0.2) is 9.71 Å². The summed E-state index contributed by atoms with van der Waals surface area (Å²) in [6.45, 7) is 1.81. The largest absolute Gasteiger partial charge is 0.481 e. The fourth-order valence-electron chi connectivity index (χ4n) is 1.47. The molecule has 108 valence electrons. The van der Waals surface area contributed by atoms with Crippen LogP contribution in [0.2, 0.25) is 0 Å². The predicted molar refractivity (Wildman–Crippen MR) is 70.7 cm³/mol. The molecule has 0 fully saturated rings. The van der Waals surface area contributed by atoms with Crippen molar-refractivity contribution in [3.8, 4) is 5.88 Å². The van der Waals surface area contributed by atoms with E-state index in [2.05, 4.69) is 14.7 Å². The Kier molecular flexibility index (Phi) is 3.91. The number of anilines is 1. The third-order valence-electron chi connectivity index (χ3n) is 2.37. The second-order valence-electron chi connectivity index (χ2n) is 3.91. The number of nitrogens with two attached hydrogens (primary N) is 1. The quantitative estimate of drug-likeness (QED) is 0.831. The van der Waals surface area contributed by atoms with Crippen molar-refractivity contribution in [1.29, 1.82) is 0 Å². The average Bonchev–Trinajstić information content (AvgIpc) is 2.87. The number of aryl methyl sites for hydroxylation is 1. The summed E-state index contributed by atoms with van der Waals surface area (Å²) in [6, 6.07) is 4.39. The van der Waals surface area contributed by atoms with Gasteiger partial charge in [-0.05, 0) is 19.1 Å². The van der Waals surface area contributed by atoms with Gasteiger partial charge in [0.15, 0.2) is 0 Å². The number of hydrogen-bond acceptors (Lipinski definition) is 7. The van der Waals surface area contributed by atoms with Gasteiger partial charge in [0.1, 0.15) is 5.76 Å². The third kappa shape index (κ3) is 3.06. The Labute approximate surface area is 116 Å². The molecule has 20 heavy (non-hydrogen) atoms. The number of furan rings is 1. The maximum atomic E-state index is 12.1. The smallest absolute Gasteiger partial charge is 0.297 e. The van der Waals surface area contributed by atoms with Crippen LogP contribution in [-0.4, -0.2) is 25.5 Å². The lowest BCUT2D eigenvalue weighted by Crippen LogP contribution is -2.15. The molecule has 9 heteroatoms. The lowest BCUT2D eigenvalue weighted by molar-refractivity contribution is 0.397. The number of rotatable bonds is 5. The van der Waals surface area contributed by atoms with Crippen LogP contribution < -0.4 is 15.2 Å². The Morgan fingerprint density at radius 1 is 1.40 bits per heavy atom. The van der Waals surface area contributed by atoms with Crippen molar-refractivity contribution in [2.24, 2.45) is 5.73 Å². The molecule has 0 aromatic carbocycles. The van der Waals surface area contributed by atoms with Gasteiger partial charge in [-0.3, -0.25) is 0 Å². The minimum Gasteiger partial charge on any atom is -0.481 e. The van der Waals surface area contributed by atoms with Gasteiger partial charge in [-0.15, -0.1) is 0 Å². The van der Waals surface area contributed by atoms with Gasteiger partial charge < -0.3 is 14.9 Å². The molecule has 0 aliphatic rings. The summed E-state index contributed by atoms with van der Waals surface area (Å²) >= 11 is 0. The number of sulfonamides is 1. The van der Waals surface area contributed by atoms with Crippen molar-refractivity contribution in [1.82, 2.24) is 9.97 Å². The first kappa shape index (κ1) is 14.3. The van der Waals surface area contributed by atoms with Crippen molar-refractivity contribution in [3.63, 3.8) is 0 Å². The molecule has 2 aromatic rings. The van der Waals surface area contributed by atoms with Crippen molar-refractivity contribution in [2.45, 2.75) is 18.6 Å². The molecule has 0 aliphatic carbocycles. The highest BCUT2D eigenvalue weighted by Gasteiger charge is 2.20. The molecule has 0 spiro atoms. The van der Waals surface area contributed by atoms with E-state index in [1.54, 1.807) is 13.0 Å². The van der Waals surface area contributed by atoms with Crippen LogP contribution in [0.4, 0.5) is 5.95 Å². The number of ether oxygens (including phenoxy) is 1. The Hall–Kier alpha value is -2.13. The molecule has 0 amide bonds. The van der Waals surface area contributed by atoms with Gasteiger partial charge in [-0.1, -0.05) is 0 Å². The fourth-order valence-corrected chi connectivity index (χ4v) is 2.37. The van der Waals surface area contributed by atoms with E-state index in [4.69, 9.17) is 14.9 Å². The lowest BCUT2D eigenvalue weighted by Gasteiger charge is -2.06. The molecule has 0 saturated heterocycles. The first-order valence-corrected chi connectivity index (χ1v) is 7.14. The van der Waals surface area contributed by atoms with Crippen LogP contribution in [0, 0.1) is 6.92 Å². The fraction of sp³-hybridized carbons (Fsp3) is 0.273. The van der Waals surface area contributed by atoms with Gasteiger partial charge in [0.2, 0.25) is 16.9 Å². The normalized spacial score (nSPS) is 11.3. The van der Waals surface area contributed by atoms with Crippen LogP contribution in [0.5, 0.6) is 5.88 Å². The molecule has 8 nitrogen and oxygen atoms in total. The van der Waals surface area contributed by atoms with Gasteiger partial charge in [-0.2, -0.15) is 13.4 Å². The van der Waals surface area contributed by atoms with E-state index >= 15 is 0 Å².